The molecule has 0 bridgehead atoms. The molecule has 0 aliphatic carbocycles. The Morgan fingerprint density at radius 1 is 1.44 bits per heavy atom. The van der Waals surface area contributed by atoms with E-state index in [1.165, 1.54) is 0 Å². The number of hydrogen-bond donors (Lipinski definition) is 2. The fraction of sp³-hybridized carbons (Fsp3) is 0.538. The van der Waals surface area contributed by atoms with Crippen molar-refractivity contribution in [3.8, 4) is 0 Å². The normalized spacial score (nSPS) is 14.9. The molecule has 2 nitrogen and oxygen atoms in total. The molecular weight excluding hydrogens is 222 g/mol. The smallest absolute Gasteiger partial charge is 0.0813 e. The summed E-state index contributed by atoms with van der Waals surface area (Å²) in [6, 6.07) is 5.82. The van der Waals surface area contributed by atoms with Crippen LogP contribution in [0, 0.1) is 12.8 Å². The SMILES string of the molecule is Cc1ccc(NCC(C)(O)C(C)C)cc1Cl. The topological polar surface area (TPSA) is 32.3 Å². The van der Waals surface area contributed by atoms with E-state index in [1.54, 1.807) is 0 Å². The molecule has 0 saturated heterocycles. The number of hydrogen-bond acceptors (Lipinski definition) is 2. The lowest BCUT2D eigenvalue weighted by Gasteiger charge is -2.28. The average Bonchev–Trinajstić information content (AvgIpc) is 2.20. The van der Waals surface area contributed by atoms with E-state index in [2.05, 4.69) is 5.32 Å². The number of nitrogens with one attached hydrogen (secondary N) is 1. The highest BCUT2D eigenvalue weighted by Gasteiger charge is 2.24. The second-order valence-electron chi connectivity index (χ2n) is 4.83. The highest BCUT2D eigenvalue weighted by atomic mass is 35.5. The van der Waals surface area contributed by atoms with Crippen molar-refractivity contribution in [2.75, 3.05) is 11.9 Å². The molecule has 0 spiro atoms. The summed E-state index contributed by atoms with van der Waals surface area (Å²) in [7, 11) is 0. The first-order chi connectivity index (χ1) is 7.33. The molecule has 1 unspecified atom stereocenters. The first-order valence-electron chi connectivity index (χ1n) is 5.55. The van der Waals surface area contributed by atoms with Gasteiger partial charge in [-0.2, -0.15) is 0 Å². The number of anilines is 1. The number of halogens is 1. The zero-order chi connectivity index (χ0) is 12.3. The van der Waals surface area contributed by atoms with Crippen LogP contribution in [0.2, 0.25) is 5.02 Å². The van der Waals surface area contributed by atoms with E-state index in [9.17, 15) is 5.11 Å². The molecule has 1 aromatic rings. The van der Waals surface area contributed by atoms with Gasteiger partial charge in [0.2, 0.25) is 0 Å². The van der Waals surface area contributed by atoms with Crippen LogP contribution in [0.25, 0.3) is 0 Å². The van der Waals surface area contributed by atoms with Crippen LogP contribution < -0.4 is 5.32 Å². The summed E-state index contributed by atoms with van der Waals surface area (Å²) in [6.07, 6.45) is 0. The van der Waals surface area contributed by atoms with Crippen molar-refractivity contribution in [1.29, 1.82) is 0 Å². The van der Waals surface area contributed by atoms with Crippen LogP contribution in [0.15, 0.2) is 18.2 Å². The van der Waals surface area contributed by atoms with Gasteiger partial charge in [-0.3, -0.25) is 0 Å². The van der Waals surface area contributed by atoms with Gasteiger partial charge >= 0.3 is 0 Å². The maximum atomic E-state index is 10.1. The molecule has 0 amide bonds. The van der Waals surface area contributed by atoms with E-state index < -0.39 is 5.60 Å². The minimum atomic E-state index is -0.711. The highest BCUT2D eigenvalue weighted by molar-refractivity contribution is 6.31. The van der Waals surface area contributed by atoms with Gasteiger partial charge in [-0.25, -0.2) is 0 Å². The van der Waals surface area contributed by atoms with E-state index in [-0.39, 0.29) is 5.92 Å². The molecule has 16 heavy (non-hydrogen) atoms. The van der Waals surface area contributed by atoms with Crippen LogP contribution in [-0.4, -0.2) is 17.3 Å². The third-order valence-electron chi connectivity index (χ3n) is 3.07. The molecule has 0 aliphatic rings. The van der Waals surface area contributed by atoms with Gasteiger partial charge in [0.1, 0.15) is 0 Å². The van der Waals surface area contributed by atoms with Crippen LogP contribution in [-0.2, 0) is 0 Å². The zero-order valence-corrected chi connectivity index (χ0v) is 11.1. The summed E-state index contributed by atoms with van der Waals surface area (Å²) in [5.41, 5.74) is 1.29. The standard InChI is InChI=1S/C13H20ClNO/c1-9(2)13(4,16)8-15-11-6-5-10(3)12(14)7-11/h5-7,9,15-16H,8H2,1-4H3. The third kappa shape index (κ3) is 3.39. The van der Waals surface area contributed by atoms with Crippen LogP contribution in [0.4, 0.5) is 5.69 Å². The van der Waals surface area contributed by atoms with E-state index >= 15 is 0 Å². The predicted molar refractivity (Wildman–Crippen MR) is 70.1 cm³/mol. The summed E-state index contributed by atoms with van der Waals surface area (Å²) in [5, 5.41) is 14.0. The van der Waals surface area contributed by atoms with Gasteiger partial charge in [-0.15, -0.1) is 0 Å². The van der Waals surface area contributed by atoms with Crippen LogP contribution in [0.5, 0.6) is 0 Å². The lowest BCUT2D eigenvalue weighted by molar-refractivity contribution is 0.0266. The summed E-state index contributed by atoms with van der Waals surface area (Å²) >= 11 is 6.02. The molecular formula is C13H20ClNO. The molecule has 0 heterocycles. The van der Waals surface area contributed by atoms with Crippen molar-refractivity contribution in [2.45, 2.75) is 33.3 Å². The third-order valence-corrected chi connectivity index (χ3v) is 3.47. The second-order valence-corrected chi connectivity index (χ2v) is 5.24. The Morgan fingerprint density at radius 3 is 2.56 bits per heavy atom. The molecule has 90 valence electrons. The van der Waals surface area contributed by atoms with Crippen molar-refractivity contribution in [3.63, 3.8) is 0 Å². The molecule has 1 rings (SSSR count). The van der Waals surface area contributed by atoms with Crippen LogP contribution in [0.3, 0.4) is 0 Å². The van der Waals surface area contributed by atoms with Crippen molar-refractivity contribution >= 4 is 17.3 Å². The van der Waals surface area contributed by atoms with Crippen LogP contribution >= 0.6 is 11.6 Å². The number of aryl methyl sites for hydroxylation is 1. The summed E-state index contributed by atoms with van der Waals surface area (Å²) in [4.78, 5) is 0. The number of benzene rings is 1. The van der Waals surface area contributed by atoms with Gasteiger partial charge in [0, 0.05) is 17.3 Å². The van der Waals surface area contributed by atoms with Gasteiger partial charge in [0.05, 0.1) is 5.60 Å². The Labute approximate surface area is 103 Å². The highest BCUT2D eigenvalue weighted by Crippen LogP contribution is 2.22. The Balaban J connectivity index is 2.65. The van der Waals surface area contributed by atoms with Gasteiger partial charge in [0.15, 0.2) is 0 Å². The maximum absolute atomic E-state index is 10.1. The maximum Gasteiger partial charge on any atom is 0.0813 e. The summed E-state index contributed by atoms with van der Waals surface area (Å²) in [5.74, 6) is 0.209. The van der Waals surface area contributed by atoms with Crippen molar-refractivity contribution in [3.05, 3.63) is 28.8 Å². The van der Waals surface area contributed by atoms with Gasteiger partial charge in [-0.1, -0.05) is 31.5 Å². The van der Waals surface area contributed by atoms with Gasteiger partial charge < -0.3 is 10.4 Å². The fourth-order valence-corrected chi connectivity index (χ4v) is 1.37. The van der Waals surface area contributed by atoms with E-state index in [1.807, 2.05) is 45.9 Å². The molecule has 3 heteroatoms. The first-order valence-corrected chi connectivity index (χ1v) is 5.93. The number of rotatable bonds is 4. The molecule has 0 aliphatic heterocycles. The predicted octanol–water partition coefficient (Wildman–Crippen LogP) is 3.47. The monoisotopic (exact) mass is 241 g/mol. The van der Waals surface area contributed by atoms with E-state index in [0.717, 1.165) is 16.3 Å². The molecule has 0 fully saturated rings. The molecule has 2 N–H and O–H groups in total. The lowest BCUT2D eigenvalue weighted by Crippen LogP contribution is -2.38. The largest absolute Gasteiger partial charge is 0.388 e. The molecule has 0 saturated carbocycles. The summed E-state index contributed by atoms with van der Waals surface area (Å²) < 4.78 is 0. The Hall–Kier alpha value is -0.730. The first kappa shape index (κ1) is 13.3. The molecule has 1 aromatic carbocycles. The lowest BCUT2D eigenvalue weighted by atomic mass is 9.92. The Bertz CT molecular complexity index is 361. The molecule has 0 aromatic heterocycles. The quantitative estimate of drug-likeness (QED) is 0.846. The average molecular weight is 242 g/mol. The van der Waals surface area contributed by atoms with E-state index in [0.29, 0.717) is 6.54 Å². The van der Waals surface area contributed by atoms with Gasteiger partial charge in [0.25, 0.3) is 0 Å². The summed E-state index contributed by atoms with van der Waals surface area (Å²) in [6.45, 7) is 8.33. The van der Waals surface area contributed by atoms with E-state index in [4.69, 9.17) is 11.6 Å². The van der Waals surface area contributed by atoms with Gasteiger partial charge in [-0.05, 0) is 37.5 Å². The minimum absolute atomic E-state index is 0.209. The van der Waals surface area contributed by atoms with Crippen molar-refractivity contribution < 1.29 is 5.11 Å². The van der Waals surface area contributed by atoms with Crippen molar-refractivity contribution in [1.82, 2.24) is 0 Å². The van der Waals surface area contributed by atoms with Crippen molar-refractivity contribution in [2.24, 2.45) is 5.92 Å². The molecule has 1 atom stereocenters. The fourth-order valence-electron chi connectivity index (χ4n) is 1.19. The molecule has 0 radical (unpaired) electrons. The second kappa shape index (κ2) is 5.07. The van der Waals surface area contributed by atoms with Crippen LogP contribution in [0.1, 0.15) is 26.3 Å². The Morgan fingerprint density at radius 2 is 2.06 bits per heavy atom. The zero-order valence-electron chi connectivity index (χ0n) is 10.3. The minimum Gasteiger partial charge on any atom is -0.388 e. The number of aliphatic hydroxyl groups is 1. The Kier molecular flexibility index (Phi) is 4.22.